The van der Waals surface area contributed by atoms with Crippen molar-refractivity contribution < 1.29 is 4.79 Å². The SMILES string of the molecule is CN1C(=O)C2(CCC2)c2c1cnc1ccc(-c3cnc(N4CCC(N(C)C)CC4)c(N=S(C)C)c3)cc21. The highest BCUT2D eigenvalue weighted by atomic mass is 32.2. The Balaban J connectivity index is 1.41. The van der Waals surface area contributed by atoms with E-state index in [-0.39, 0.29) is 22.0 Å². The number of hydrogen-bond acceptors (Lipinski definition) is 6. The van der Waals surface area contributed by atoms with Crippen molar-refractivity contribution in [3.05, 3.63) is 42.2 Å². The van der Waals surface area contributed by atoms with E-state index in [1.54, 1.807) is 0 Å². The number of piperidine rings is 1. The zero-order valence-electron chi connectivity index (χ0n) is 22.5. The molecule has 194 valence electrons. The number of rotatable bonds is 4. The molecule has 2 aromatic heterocycles. The third kappa shape index (κ3) is 3.96. The number of nitrogens with zero attached hydrogens (tertiary/aromatic N) is 6. The second-order valence-corrected chi connectivity index (χ2v) is 12.9. The van der Waals surface area contributed by atoms with Crippen LogP contribution in [-0.4, -0.2) is 73.6 Å². The number of carbonyl (C=O) groups is 1. The molecule has 1 aliphatic carbocycles. The van der Waals surface area contributed by atoms with E-state index < -0.39 is 0 Å². The summed E-state index contributed by atoms with van der Waals surface area (Å²) in [5.41, 5.74) is 5.81. The number of amides is 1. The predicted molar refractivity (Wildman–Crippen MR) is 154 cm³/mol. The van der Waals surface area contributed by atoms with Crippen LogP contribution in [0.3, 0.4) is 0 Å². The third-order valence-corrected chi connectivity index (χ3v) is 9.13. The minimum atomic E-state index is -0.371. The van der Waals surface area contributed by atoms with Gasteiger partial charge in [-0.05, 0) is 76.1 Å². The van der Waals surface area contributed by atoms with Crippen molar-refractivity contribution in [1.29, 1.82) is 0 Å². The Morgan fingerprint density at radius 1 is 1.05 bits per heavy atom. The van der Waals surface area contributed by atoms with Crippen molar-refractivity contribution in [2.75, 3.05) is 56.5 Å². The first-order valence-corrected chi connectivity index (χ1v) is 15.2. The summed E-state index contributed by atoms with van der Waals surface area (Å²) in [6, 6.07) is 9.24. The van der Waals surface area contributed by atoms with Crippen molar-refractivity contribution in [2.45, 2.75) is 43.6 Å². The van der Waals surface area contributed by atoms with Crippen LogP contribution in [0.25, 0.3) is 22.0 Å². The molecule has 0 N–H and O–H groups in total. The second-order valence-electron chi connectivity index (χ2n) is 11.2. The highest BCUT2D eigenvalue weighted by Crippen LogP contribution is 2.55. The van der Waals surface area contributed by atoms with Gasteiger partial charge in [-0.1, -0.05) is 12.5 Å². The van der Waals surface area contributed by atoms with Gasteiger partial charge >= 0.3 is 0 Å². The fraction of sp³-hybridized carbons (Fsp3) is 0.483. The Labute approximate surface area is 222 Å². The Kier molecular flexibility index (Phi) is 6.07. The van der Waals surface area contributed by atoms with Gasteiger partial charge in [-0.2, -0.15) is 0 Å². The van der Waals surface area contributed by atoms with E-state index in [9.17, 15) is 4.79 Å². The molecule has 37 heavy (non-hydrogen) atoms. The molecule has 8 heteroatoms. The number of pyridine rings is 2. The molecule has 0 unspecified atom stereocenters. The fourth-order valence-corrected chi connectivity index (χ4v) is 6.88. The fourth-order valence-electron chi connectivity index (χ4n) is 6.36. The van der Waals surface area contributed by atoms with Crippen molar-refractivity contribution >= 4 is 44.7 Å². The molecular formula is C29H36N6OS. The number of fused-ring (bicyclic) bond motifs is 4. The number of hydrogen-bond donors (Lipinski definition) is 0. The van der Waals surface area contributed by atoms with Crippen molar-refractivity contribution in [3.63, 3.8) is 0 Å². The lowest BCUT2D eigenvalue weighted by Gasteiger charge is -2.37. The lowest BCUT2D eigenvalue weighted by molar-refractivity contribution is -0.125. The van der Waals surface area contributed by atoms with Crippen LogP contribution >= 0.6 is 0 Å². The number of benzene rings is 1. The first-order chi connectivity index (χ1) is 17.8. The van der Waals surface area contributed by atoms with Gasteiger partial charge in [-0.25, -0.2) is 9.35 Å². The Morgan fingerprint density at radius 3 is 2.46 bits per heavy atom. The maximum absolute atomic E-state index is 13.2. The summed E-state index contributed by atoms with van der Waals surface area (Å²) in [5, 5.41) is 1.09. The number of anilines is 2. The van der Waals surface area contributed by atoms with Crippen LogP contribution in [0.5, 0.6) is 0 Å². The molecule has 2 fully saturated rings. The minimum Gasteiger partial charge on any atom is -0.355 e. The molecule has 4 heterocycles. The minimum absolute atomic E-state index is 0.0974. The molecule has 6 rings (SSSR count). The standard InChI is InChI=1S/C29H36N6OS/c1-33(2)21-9-13-35(14-10-21)27-24(32-37(4)5)16-20(17-31-27)19-7-8-23-22(15-19)26-25(18-30-23)34(3)28(36)29(26)11-6-12-29/h7-8,15-18,21H,6,9-14H2,1-5H3. The van der Waals surface area contributed by atoms with Crippen LogP contribution < -0.4 is 9.80 Å². The summed E-state index contributed by atoms with van der Waals surface area (Å²) in [6.07, 6.45) is 13.4. The van der Waals surface area contributed by atoms with Gasteiger partial charge in [0.2, 0.25) is 5.91 Å². The first kappa shape index (κ1) is 24.5. The second kappa shape index (κ2) is 9.17. The molecule has 3 aliphatic rings. The topological polar surface area (TPSA) is 64.9 Å². The van der Waals surface area contributed by atoms with Gasteiger partial charge in [-0.15, -0.1) is 10.7 Å². The van der Waals surface area contributed by atoms with Crippen LogP contribution in [0.15, 0.2) is 41.0 Å². The zero-order valence-corrected chi connectivity index (χ0v) is 23.3. The molecule has 0 atom stereocenters. The molecule has 2 aliphatic heterocycles. The van der Waals surface area contributed by atoms with Gasteiger partial charge < -0.3 is 14.7 Å². The highest BCUT2D eigenvalue weighted by molar-refractivity contribution is 7.85. The maximum atomic E-state index is 13.2. The van der Waals surface area contributed by atoms with Gasteiger partial charge in [0.15, 0.2) is 5.82 Å². The first-order valence-electron chi connectivity index (χ1n) is 13.2. The molecule has 3 aromatic rings. The Hall–Kier alpha value is -2.84. The molecule has 1 spiro atoms. The normalized spacial score (nSPS) is 19.3. The highest BCUT2D eigenvalue weighted by Gasteiger charge is 2.54. The summed E-state index contributed by atoms with van der Waals surface area (Å²) >= 11 is 0. The third-order valence-electron chi connectivity index (χ3n) is 8.56. The summed E-state index contributed by atoms with van der Waals surface area (Å²) in [7, 11) is 6.13. The molecule has 1 saturated carbocycles. The lowest BCUT2D eigenvalue weighted by Crippen LogP contribution is -2.43. The Bertz CT molecular complexity index is 1420. The summed E-state index contributed by atoms with van der Waals surface area (Å²) in [5.74, 6) is 1.21. The van der Waals surface area contributed by atoms with Crippen molar-refractivity contribution in [2.24, 2.45) is 4.36 Å². The van der Waals surface area contributed by atoms with Gasteiger partial charge in [0.1, 0.15) is 5.69 Å². The predicted octanol–water partition coefficient (Wildman–Crippen LogP) is 4.92. The molecule has 1 saturated heterocycles. The van der Waals surface area contributed by atoms with Gasteiger partial charge in [-0.3, -0.25) is 9.78 Å². The quantitative estimate of drug-likeness (QED) is 0.493. The maximum Gasteiger partial charge on any atom is 0.237 e. The van der Waals surface area contributed by atoms with Crippen LogP contribution in [-0.2, 0) is 20.9 Å². The lowest BCUT2D eigenvalue weighted by atomic mass is 9.64. The molecule has 0 radical (unpaired) electrons. The van der Waals surface area contributed by atoms with Crippen LogP contribution in [0, 0.1) is 0 Å². The van der Waals surface area contributed by atoms with E-state index in [4.69, 9.17) is 14.3 Å². The van der Waals surface area contributed by atoms with E-state index in [1.165, 1.54) is 5.56 Å². The van der Waals surface area contributed by atoms with E-state index >= 15 is 0 Å². The smallest absolute Gasteiger partial charge is 0.237 e. The van der Waals surface area contributed by atoms with E-state index in [0.717, 1.165) is 84.4 Å². The average Bonchev–Trinajstić information content (AvgIpc) is 3.10. The number of carbonyl (C=O) groups excluding carboxylic acids is 1. The van der Waals surface area contributed by atoms with Crippen LogP contribution in [0.4, 0.5) is 17.2 Å². The molecular weight excluding hydrogens is 480 g/mol. The zero-order chi connectivity index (χ0) is 25.9. The summed E-state index contributed by atoms with van der Waals surface area (Å²) in [4.78, 5) is 29.5. The van der Waals surface area contributed by atoms with Crippen molar-refractivity contribution in [3.8, 4) is 11.1 Å². The molecule has 0 bridgehead atoms. The van der Waals surface area contributed by atoms with E-state index in [1.807, 2.05) is 24.3 Å². The average molecular weight is 517 g/mol. The number of likely N-dealkylation sites (N-methyl/N-ethyl adjacent to an activating group) is 1. The van der Waals surface area contributed by atoms with Crippen LogP contribution in [0.1, 0.15) is 37.7 Å². The van der Waals surface area contributed by atoms with Gasteiger partial charge in [0.25, 0.3) is 0 Å². The molecule has 1 aromatic carbocycles. The van der Waals surface area contributed by atoms with Crippen molar-refractivity contribution in [1.82, 2.24) is 14.9 Å². The van der Waals surface area contributed by atoms with E-state index in [2.05, 4.69) is 60.7 Å². The molecule has 1 amide bonds. The monoisotopic (exact) mass is 516 g/mol. The largest absolute Gasteiger partial charge is 0.355 e. The van der Waals surface area contributed by atoms with Gasteiger partial charge in [0, 0.05) is 48.9 Å². The molecule has 7 nitrogen and oxygen atoms in total. The summed E-state index contributed by atoms with van der Waals surface area (Å²) < 4.78 is 5.01. The Morgan fingerprint density at radius 2 is 1.81 bits per heavy atom. The summed E-state index contributed by atoms with van der Waals surface area (Å²) in [6.45, 7) is 1.99. The van der Waals surface area contributed by atoms with Crippen LogP contribution in [0.2, 0.25) is 0 Å². The number of aromatic nitrogens is 2. The van der Waals surface area contributed by atoms with E-state index in [0.29, 0.717) is 6.04 Å². The van der Waals surface area contributed by atoms with Gasteiger partial charge in [0.05, 0.1) is 22.8 Å².